The summed E-state index contributed by atoms with van der Waals surface area (Å²) in [5.74, 6) is -0.0443. The number of unbranched alkanes of at least 4 members (excludes halogenated alkanes) is 29. The molecule has 0 saturated carbocycles. The van der Waals surface area contributed by atoms with E-state index in [0.29, 0.717) is 19.3 Å². The molecule has 0 aromatic rings. The Hall–Kier alpha value is -1.59. The van der Waals surface area contributed by atoms with E-state index < -0.39 is 6.10 Å². The molecule has 320 valence electrons. The lowest BCUT2D eigenvalue weighted by Crippen LogP contribution is -2.30. The summed E-state index contributed by atoms with van der Waals surface area (Å²) in [6.45, 7) is 8.97. The smallest absolute Gasteiger partial charge is 0.306 e. The van der Waals surface area contributed by atoms with E-state index in [1.165, 1.54) is 161 Å². The molecular weight excluding hydrogens is 673 g/mol. The van der Waals surface area contributed by atoms with Crippen LogP contribution in [0.15, 0.2) is 0 Å². The Morgan fingerprint density at radius 3 is 0.963 bits per heavy atom. The zero-order valence-corrected chi connectivity index (χ0v) is 36.7. The van der Waals surface area contributed by atoms with Gasteiger partial charge in [0.2, 0.25) is 0 Å². The van der Waals surface area contributed by atoms with E-state index in [2.05, 4.69) is 27.7 Å². The summed E-state index contributed by atoms with van der Waals surface area (Å²) in [6.07, 6.45) is 42.3. The van der Waals surface area contributed by atoms with Crippen LogP contribution in [0.2, 0.25) is 0 Å². The normalized spacial score (nSPS) is 12.4. The lowest BCUT2D eigenvalue weighted by molar-refractivity contribution is -0.167. The first-order valence-electron chi connectivity index (χ1n) is 23.9. The third-order valence-electron chi connectivity index (χ3n) is 11.2. The van der Waals surface area contributed by atoms with Crippen molar-refractivity contribution in [3.05, 3.63) is 0 Å². The molecule has 0 aromatic carbocycles. The molecule has 0 aliphatic rings. The van der Waals surface area contributed by atoms with Gasteiger partial charge in [-0.05, 0) is 25.2 Å². The maximum Gasteiger partial charge on any atom is 0.306 e. The maximum absolute atomic E-state index is 12.7. The molecule has 1 unspecified atom stereocenters. The van der Waals surface area contributed by atoms with E-state index in [1.54, 1.807) is 0 Å². The van der Waals surface area contributed by atoms with Gasteiger partial charge in [0, 0.05) is 19.3 Å². The number of carbonyl (C=O) groups is 3. The number of hydrogen-bond donors (Lipinski definition) is 0. The first-order chi connectivity index (χ1) is 26.4. The fourth-order valence-corrected chi connectivity index (χ4v) is 7.12. The van der Waals surface area contributed by atoms with Gasteiger partial charge in [-0.2, -0.15) is 0 Å². The predicted molar refractivity (Wildman–Crippen MR) is 229 cm³/mol. The molecule has 54 heavy (non-hydrogen) atoms. The molecule has 0 bridgehead atoms. The van der Waals surface area contributed by atoms with Crippen LogP contribution in [-0.2, 0) is 28.6 Å². The first-order valence-corrected chi connectivity index (χ1v) is 23.9. The third kappa shape index (κ3) is 40.1. The second-order valence-corrected chi connectivity index (χ2v) is 16.6. The number of rotatable bonds is 43. The van der Waals surface area contributed by atoms with Gasteiger partial charge in [0.25, 0.3) is 0 Å². The lowest BCUT2D eigenvalue weighted by Gasteiger charge is -2.18. The monoisotopic (exact) mass is 765 g/mol. The molecule has 0 aliphatic carbocycles. The van der Waals surface area contributed by atoms with Crippen molar-refractivity contribution in [3.8, 4) is 0 Å². The Morgan fingerprint density at radius 1 is 0.370 bits per heavy atom. The summed E-state index contributed by atoms with van der Waals surface area (Å²) in [4.78, 5) is 37.7. The molecule has 0 aliphatic heterocycles. The quantitative estimate of drug-likeness (QED) is 0.0349. The second-order valence-electron chi connectivity index (χ2n) is 16.6. The van der Waals surface area contributed by atoms with E-state index in [4.69, 9.17) is 14.2 Å². The van der Waals surface area contributed by atoms with Crippen molar-refractivity contribution < 1.29 is 28.6 Å². The molecule has 2 atom stereocenters. The Balaban J connectivity index is 4.29. The Kier molecular flexibility index (Phi) is 41.3. The minimum atomic E-state index is -0.760. The van der Waals surface area contributed by atoms with Gasteiger partial charge < -0.3 is 14.2 Å². The Labute approximate surface area is 336 Å². The fourth-order valence-electron chi connectivity index (χ4n) is 7.12. The van der Waals surface area contributed by atoms with Gasteiger partial charge in [0.15, 0.2) is 6.10 Å². The zero-order valence-electron chi connectivity index (χ0n) is 36.7. The SMILES string of the molecule is CCCCCCCCCCCCCCCCCC(=O)OC[C@@H](COC(=O)CCCCCCCCCCCCC)OC(=O)CCCCCCCCC(C)CC. The highest BCUT2D eigenvalue weighted by molar-refractivity contribution is 5.71. The van der Waals surface area contributed by atoms with Gasteiger partial charge in [0.05, 0.1) is 0 Å². The summed E-state index contributed by atoms with van der Waals surface area (Å²) < 4.78 is 16.7. The van der Waals surface area contributed by atoms with Crippen LogP contribution in [0.3, 0.4) is 0 Å². The van der Waals surface area contributed by atoms with Gasteiger partial charge in [-0.15, -0.1) is 0 Å². The molecule has 6 heteroatoms. The second kappa shape index (κ2) is 42.6. The van der Waals surface area contributed by atoms with Crippen molar-refractivity contribution in [2.45, 2.75) is 271 Å². The van der Waals surface area contributed by atoms with Crippen molar-refractivity contribution in [2.24, 2.45) is 5.92 Å². The van der Waals surface area contributed by atoms with E-state index in [-0.39, 0.29) is 31.1 Å². The van der Waals surface area contributed by atoms with E-state index in [1.807, 2.05) is 0 Å². The van der Waals surface area contributed by atoms with Gasteiger partial charge in [-0.25, -0.2) is 0 Å². The Bertz CT molecular complexity index is 813. The van der Waals surface area contributed by atoms with Gasteiger partial charge in [-0.1, -0.05) is 227 Å². The molecule has 0 fully saturated rings. The van der Waals surface area contributed by atoms with Crippen LogP contribution in [-0.4, -0.2) is 37.2 Å². The van der Waals surface area contributed by atoms with Crippen molar-refractivity contribution in [3.63, 3.8) is 0 Å². The molecular formula is C48H92O6. The molecule has 0 amide bonds. The first kappa shape index (κ1) is 52.4. The average Bonchev–Trinajstić information content (AvgIpc) is 3.17. The molecule has 0 saturated heterocycles. The molecule has 0 spiro atoms. The van der Waals surface area contributed by atoms with Crippen LogP contribution in [0.5, 0.6) is 0 Å². The molecule has 0 radical (unpaired) electrons. The van der Waals surface area contributed by atoms with Gasteiger partial charge in [0.1, 0.15) is 13.2 Å². The number of carbonyl (C=O) groups excluding carboxylic acids is 3. The average molecular weight is 765 g/mol. The largest absolute Gasteiger partial charge is 0.462 e. The van der Waals surface area contributed by atoms with Crippen molar-refractivity contribution >= 4 is 17.9 Å². The van der Waals surface area contributed by atoms with Crippen LogP contribution in [0.4, 0.5) is 0 Å². The molecule has 0 rings (SSSR count). The number of esters is 3. The summed E-state index contributed by atoms with van der Waals surface area (Å²) in [6, 6.07) is 0. The standard InChI is InChI=1S/C48H92O6/c1-5-8-10-12-14-16-18-19-20-21-23-25-27-32-36-40-47(50)53-43-45(54-48(51)41-37-33-29-28-30-34-38-44(4)7-3)42-52-46(49)39-35-31-26-24-22-17-15-13-11-9-6-2/h44-45H,5-43H2,1-4H3/t44?,45-/m1/s1. The summed E-state index contributed by atoms with van der Waals surface area (Å²) in [5, 5.41) is 0. The fraction of sp³-hybridized carbons (Fsp3) is 0.938. The van der Waals surface area contributed by atoms with E-state index in [0.717, 1.165) is 63.7 Å². The Morgan fingerprint density at radius 2 is 0.648 bits per heavy atom. The van der Waals surface area contributed by atoms with Crippen molar-refractivity contribution in [2.75, 3.05) is 13.2 Å². The number of hydrogen-bond acceptors (Lipinski definition) is 6. The highest BCUT2D eigenvalue weighted by Gasteiger charge is 2.19. The highest BCUT2D eigenvalue weighted by Crippen LogP contribution is 2.17. The summed E-state index contributed by atoms with van der Waals surface area (Å²) >= 11 is 0. The minimum absolute atomic E-state index is 0.0643. The van der Waals surface area contributed by atoms with E-state index in [9.17, 15) is 14.4 Å². The van der Waals surface area contributed by atoms with Gasteiger partial charge in [-0.3, -0.25) is 14.4 Å². The highest BCUT2D eigenvalue weighted by atomic mass is 16.6. The van der Waals surface area contributed by atoms with Crippen molar-refractivity contribution in [1.82, 2.24) is 0 Å². The molecule has 0 heterocycles. The number of ether oxygens (including phenoxy) is 3. The summed E-state index contributed by atoms with van der Waals surface area (Å²) in [5.41, 5.74) is 0. The zero-order chi connectivity index (χ0) is 39.6. The van der Waals surface area contributed by atoms with Gasteiger partial charge >= 0.3 is 17.9 Å². The van der Waals surface area contributed by atoms with Crippen LogP contribution < -0.4 is 0 Å². The maximum atomic E-state index is 12.7. The minimum Gasteiger partial charge on any atom is -0.462 e. The molecule has 6 nitrogen and oxygen atoms in total. The van der Waals surface area contributed by atoms with Crippen LogP contribution in [0, 0.1) is 5.92 Å². The predicted octanol–water partition coefficient (Wildman–Crippen LogP) is 15.1. The summed E-state index contributed by atoms with van der Waals surface area (Å²) in [7, 11) is 0. The van der Waals surface area contributed by atoms with Crippen molar-refractivity contribution in [1.29, 1.82) is 0 Å². The van der Waals surface area contributed by atoms with Crippen LogP contribution in [0.25, 0.3) is 0 Å². The molecule has 0 N–H and O–H groups in total. The topological polar surface area (TPSA) is 78.9 Å². The third-order valence-corrected chi connectivity index (χ3v) is 11.2. The van der Waals surface area contributed by atoms with Crippen LogP contribution in [0.1, 0.15) is 265 Å². The van der Waals surface area contributed by atoms with E-state index >= 15 is 0 Å². The lowest BCUT2D eigenvalue weighted by atomic mass is 10.00. The molecule has 0 aromatic heterocycles. The van der Waals surface area contributed by atoms with Crippen LogP contribution >= 0.6 is 0 Å².